The summed E-state index contributed by atoms with van der Waals surface area (Å²) in [5.41, 5.74) is 3.06. The van der Waals surface area contributed by atoms with E-state index >= 15 is 0 Å². The number of carbonyl (C=O) groups is 2. The molecule has 2 saturated heterocycles. The molecular formula is C34H42ClN5O3. The van der Waals surface area contributed by atoms with Crippen LogP contribution in [0.5, 0.6) is 5.75 Å². The maximum Gasteiger partial charge on any atom is 0.255 e. The van der Waals surface area contributed by atoms with Gasteiger partial charge in [-0.15, -0.1) is 0 Å². The predicted octanol–water partition coefficient (Wildman–Crippen LogP) is 6.24. The van der Waals surface area contributed by atoms with Gasteiger partial charge < -0.3 is 30.1 Å². The van der Waals surface area contributed by atoms with Gasteiger partial charge in [-0.05, 0) is 100 Å². The summed E-state index contributed by atoms with van der Waals surface area (Å²) in [7, 11) is 2.10. The lowest BCUT2D eigenvalue weighted by Crippen LogP contribution is -2.44. The summed E-state index contributed by atoms with van der Waals surface area (Å²) in [4.78, 5) is 33.5. The third-order valence-electron chi connectivity index (χ3n) is 8.42. The van der Waals surface area contributed by atoms with Gasteiger partial charge in [0.1, 0.15) is 5.75 Å². The van der Waals surface area contributed by atoms with Gasteiger partial charge in [0.15, 0.2) is 0 Å². The van der Waals surface area contributed by atoms with Crippen LogP contribution in [0.15, 0.2) is 66.7 Å². The number of nitrogens with zero attached hydrogens (tertiary/aromatic N) is 3. The van der Waals surface area contributed by atoms with Gasteiger partial charge in [0, 0.05) is 54.1 Å². The molecule has 2 N–H and O–H groups in total. The number of ether oxygens (including phenoxy) is 1. The molecule has 2 aliphatic rings. The molecule has 1 atom stereocenters. The number of likely N-dealkylation sites (tertiary alicyclic amines) is 1. The van der Waals surface area contributed by atoms with Crippen molar-refractivity contribution < 1.29 is 14.3 Å². The Hall–Kier alpha value is -3.59. The van der Waals surface area contributed by atoms with Crippen LogP contribution in [0.2, 0.25) is 5.02 Å². The second-order valence-electron chi connectivity index (χ2n) is 11.4. The van der Waals surface area contributed by atoms with E-state index in [4.69, 9.17) is 16.3 Å². The molecule has 0 bridgehead atoms. The van der Waals surface area contributed by atoms with E-state index in [9.17, 15) is 9.59 Å². The molecule has 0 aromatic heterocycles. The monoisotopic (exact) mass is 603 g/mol. The Morgan fingerprint density at radius 3 is 2.37 bits per heavy atom. The molecule has 5 rings (SSSR count). The van der Waals surface area contributed by atoms with Gasteiger partial charge in [-0.1, -0.05) is 31.0 Å². The van der Waals surface area contributed by atoms with Crippen LogP contribution < -0.4 is 20.3 Å². The van der Waals surface area contributed by atoms with Crippen molar-refractivity contribution >= 4 is 40.5 Å². The lowest BCUT2D eigenvalue weighted by atomic mass is 10.00. The van der Waals surface area contributed by atoms with Crippen molar-refractivity contribution in [2.45, 2.75) is 38.6 Å². The Balaban J connectivity index is 1.24. The van der Waals surface area contributed by atoms with Crippen LogP contribution in [0.1, 0.15) is 53.3 Å². The number of likely N-dealkylation sites (N-methyl/N-ethyl adjacent to an activating group) is 1. The van der Waals surface area contributed by atoms with Gasteiger partial charge >= 0.3 is 0 Å². The number of rotatable bonds is 10. The average molecular weight is 604 g/mol. The van der Waals surface area contributed by atoms with Gasteiger partial charge in [0.05, 0.1) is 18.0 Å². The van der Waals surface area contributed by atoms with Gasteiger partial charge in [0.25, 0.3) is 11.8 Å². The number of anilines is 3. The topological polar surface area (TPSA) is 77.2 Å². The number of hydrogen-bond acceptors (Lipinski definition) is 6. The molecule has 43 heavy (non-hydrogen) atoms. The highest BCUT2D eigenvalue weighted by Crippen LogP contribution is 2.30. The quantitative estimate of drug-likeness (QED) is 0.286. The van der Waals surface area contributed by atoms with E-state index in [0.717, 1.165) is 50.6 Å². The zero-order valence-electron chi connectivity index (χ0n) is 25.2. The second kappa shape index (κ2) is 14.7. The fourth-order valence-corrected chi connectivity index (χ4v) is 6.07. The summed E-state index contributed by atoms with van der Waals surface area (Å²) >= 11 is 6.12. The van der Waals surface area contributed by atoms with Crippen molar-refractivity contribution in [3.63, 3.8) is 0 Å². The molecule has 0 spiro atoms. The van der Waals surface area contributed by atoms with Crippen molar-refractivity contribution in [2.24, 2.45) is 0 Å². The second-order valence-corrected chi connectivity index (χ2v) is 11.8. The number of nitrogens with one attached hydrogen (secondary N) is 2. The number of piperazine rings is 1. The number of piperidine rings is 1. The molecular weight excluding hydrogens is 562 g/mol. The third kappa shape index (κ3) is 8.28. The van der Waals surface area contributed by atoms with E-state index in [1.165, 1.54) is 25.8 Å². The Morgan fingerprint density at radius 1 is 0.884 bits per heavy atom. The minimum atomic E-state index is -0.281. The lowest BCUT2D eigenvalue weighted by Gasteiger charge is -2.35. The zero-order valence-corrected chi connectivity index (χ0v) is 25.9. The maximum absolute atomic E-state index is 13.3. The van der Waals surface area contributed by atoms with E-state index < -0.39 is 0 Å². The van der Waals surface area contributed by atoms with Crippen LogP contribution in [0.4, 0.5) is 17.1 Å². The van der Waals surface area contributed by atoms with Gasteiger partial charge in [0.2, 0.25) is 0 Å². The minimum Gasteiger partial charge on any atom is -0.494 e. The van der Waals surface area contributed by atoms with Crippen molar-refractivity contribution in [1.82, 2.24) is 9.80 Å². The van der Waals surface area contributed by atoms with E-state index in [-0.39, 0.29) is 11.8 Å². The molecule has 2 heterocycles. The molecule has 0 unspecified atom stereocenters. The van der Waals surface area contributed by atoms with Gasteiger partial charge in [-0.3, -0.25) is 9.59 Å². The molecule has 0 aliphatic carbocycles. The normalized spacial score (nSPS) is 17.8. The SMILES string of the molecule is CCN1CCCC[C@@H]1CCOc1ccc(NC(=O)c2ccc(N3CCN(C)CC3)c(NC(=O)c3cccc(Cl)c3)c2)cc1. The summed E-state index contributed by atoms with van der Waals surface area (Å²) in [5, 5.41) is 6.50. The van der Waals surface area contributed by atoms with Gasteiger partial charge in [-0.25, -0.2) is 0 Å². The van der Waals surface area contributed by atoms with Crippen molar-refractivity contribution in [3.8, 4) is 5.75 Å². The zero-order chi connectivity index (χ0) is 30.2. The van der Waals surface area contributed by atoms with Crippen LogP contribution >= 0.6 is 11.6 Å². The fourth-order valence-electron chi connectivity index (χ4n) is 5.88. The van der Waals surface area contributed by atoms with E-state index in [1.807, 2.05) is 30.3 Å². The van der Waals surface area contributed by atoms with E-state index in [2.05, 4.69) is 39.3 Å². The lowest BCUT2D eigenvalue weighted by molar-refractivity contribution is 0.101. The first-order chi connectivity index (χ1) is 20.9. The smallest absolute Gasteiger partial charge is 0.255 e. The molecule has 3 aromatic rings. The minimum absolute atomic E-state index is 0.256. The standard InChI is InChI=1S/C34H42ClN5O3/c1-3-39-17-5-4-9-29(39)16-22-43-30-13-11-28(12-14-30)36-33(41)26-10-15-32(40-20-18-38(2)19-21-40)31(24-26)37-34(42)25-7-6-8-27(35)23-25/h6-8,10-15,23-24,29H,3-5,9,16-22H2,1-2H3,(H,36,41)(H,37,42)/t29-/m1/s1. The van der Waals surface area contributed by atoms with Crippen LogP contribution in [-0.2, 0) is 0 Å². The van der Waals surface area contributed by atoms with Crippen LogP contribution in [0, 0.1) is 0 Å². The van der Waals surface area contributed by atoms with Crippen molar-refractivity contribution in [2.75, 3.05) is 68.5 Å². The van der Waals surface area contributed by atoms with Crippen molar-refractivity contribution in [1.29, 1.82) is 0 Å². The molecule has 2 amide bonds. The number of amides is 2. The molecule has 3 aromatic carbocycles. The molecule has 2 aliphatic heterocycles. The molecule has 0 radical (unpaired) electrons. The maximum atomic E-state index is 13.3. The first-order valence-electron chi connectivity index (χ1n) is 15.3. The number of carbonyl (C=O) groups excluding carboxylic acids is 2. The molecule has 2 fully saturated rings. The van der Waals surface area contributed by atoms with Gasteiger partial charge in [-0.2, -0.15) is 0 Å². The largest absolute Gasteiger partial charge is 0.494 e. The van der Waals surface area contributed by atoms with Crippen LogP contribution in [0.25, 0.3) is 0 Å². The highest BCUT2D eigenvalue weighted by atomic mass is 35.5. The molecule has 0 saturated carbocycles. The van der Waals surface area contributed by atoms with Crippen LogP contribution in [0.3, 0.4) is 0 Å². The van der Waals surface area contributed by atoms with E-state index in [0.29, 0.717) is 40.2 Å². The first-order valence-corrected chi connectivity index (χ1v) is 15.7. The van der Waals surface area contributed by atoms with Crippen LogP contribution in [-0.4, -0.2) is 80.6 Å². The average Bonchev–Trinajstić information content (AvgIpc) is 3.02. The Bertz CT molecular complexity index is 1390. The fraction of sp³-hybridized carbons (Fsp3) is 0.412. The first kappa shape index (κ1) is 30.9. The molecule has 8 nitrogen and oxygen atoms in total. The summed E-state index contributed by atoms with van der Waals surface area (Å²) in [5.74, 6) is 0.255. The summed E-state index contributed by atoms with van der Waals surface area (Å²) in [6.45, 7) is 8.67. The highest BCUT2D eigenvalue weighted by Gasteiger charge is 2.22. The molecule has 9 heteroatoms. The van der Waals surface area contributed by atoms with E-state index in [1.54, 1.807) is 36.4 Å². The highest BCUT2D eigenvalue weighted by molar-refractivity contribution is 6.31. The molecule has 228 valence electrons. The van der Waals surface area contributed by atoms with Crippen molar-refractivity contribution in [3.05, 3.63) is 82.9 Å². The number of hydrogen-bond donors (Lipinski definition) is 2. The number of halogens is 1. The number of benzene rings is 3. The Kier molecular flexibility index (Phi) is 10.6. The third-order valence-corrected chi connectivity index (χ3v) is 8.66. The summed E-state index contributed by atoms with van der Waals surface area (Å²) in [6.07, 6.45) is 4.85. The summed E-state index contributed by atoms with van der Waals surface area (Å²) < 4.78 is 6.02. The Labute approximate surface area is 259 Å². The predicted molar refractivity (Wildman–Crippen MR) is 175 cm³/mol. The summed E-state index contributed by atoms with van der Waals surface area (Å²) in [6, 6.07) is 20.4. The Morgan fingerprint density at radius 2 is 1.63 bits per heavy atom.